The van der Waals surface area contributed by atoms with E-state index in [1.807, 2.05) is 19.9 Å². The predicted octanol–water partition coefficient (Wildman–Crippen LogP) is 3.90. The molecule has 12 heavy (non-hydrogen) atoms. The molecular formula is C10H12BrF. The molecule has 1 unspecified atom stereocenters. The van der Waals surface area contributed by atoms with E-state index in [9.17, 15) is 4.39 Å². The lowest BCUT2D eigenvalue weighted by Crippen LogP contribution is -1.93. The number of rotatable bonds is 1. The second kappa shape index (κ2) is 3.56. The molecular weight excluding hydrogens is 219 g/mol. The van der Waals surface area contributed by atoms with E-state index in [4.69, 9.17) is 0 Å². The van der Waals surface area contributed by atoms with Gasteiger partial charge in [0.2, 0.25) is 0 Å². The molecule has 0 aliphatic carbocycles. The zero-order valence-corrected chi connectivity index (χ0v) is 9.07. The topological polar surface area (TPSA) is 0 Å². The number of aryl methyl sites for hydroxylation is 2. The Labute approximate surface area is 80.9 Å². The third-order valence-corrected chi connectivity index (χ3v) is 2.47. The molecule has 1 atom stereocenters. The second-order valence-electron chi connectivity index (χ2n) is 3.07. The number of hydrogen-bond acceptors (Lipinski definition) is 0. The first-order chi connectivity index (χ1) is 5.52. The summed E-state index contributed by atoms with van der Waals surface area (Å²) in [6.07, 6.45) is 0. The Bertz CT molecular complexity index is 292. The van der Waals surface area contributed by atoms with Crippen LogP contribution in [-0.2, 0) is 0 Å². The quantitative estimate of drug-likeness (QED) is 0.643. The number of halogens is 2. The monoisotopic (exact) mass is 230 g/mol. The van der Waals surface area contributed by atoms with Crippen LogP contribution in [0.25, 0.3) is 0 Å². The lowest BCUT2D eigenvalue weighted by Gasteiger charge is -2.09. The summed E-state index contributed by atoms with van der Waals surface area (Å²) in [6.45, 7) is 5.75. The molecule has 1 aromatic carbocycles. The first-order valence-corrected chi connectivity index (χ1v) is 4.84. The minimum Gasteiger partial charge on any atom is -0.207 e. The molecule has 0 heterocycles. The highest BCUT2D eigenvalue weighted by molar-refractivity contribution is 9.09. The van der Waals surface area contributed by atoms with Crippen molar-refractivity contribution >= 4 is 15.9 Å². The largest absolute Gasteiger partial charge is 0.207 e. The molecule has 0 saturated heterocycles. The van der Waals surface area contributed by atoms with E-state index in [1.165, 1.54) is 0 Å². The van der Waals surface area contributed by atoms with Crippen molar-refractivity contribution in [3.05, 3.63) is 34.6 Å². The van der Waals surface area contributed by atoms with Crippen LogP contribution in [0.3, 0.4) is 0 Å². The van der Waals surface area contributed by atoms with Crippen LogP contribution in [0.1, 0.15) is 28.4 Å². The molecule has 2 heteroatoms. The van der Waals surface area contributed by atoms with Gasteiger partial charge in [-0.25, -0.2) is 4.39 Å². The van der Waals surface area contributed by atoms with Crippen molar-refractivity contribution in [3.8, 4) is 0 Å². The van der Waals surface area contributed by atoms with Gasteiger partial charge in [0, 0.05) is 4.83 Å². The van der Waals surface area contributed by atoms with Gasteiger partial charge in [-0.05, 0) is 43.5 Å². The fraction of sp³-hybridized carbons (Fsp3) is 0.400. The average Bonchev–Trinajstić information content (AvgIpc) is 1.96. The van der Waals surface area contributed by atoms with Crippen LogP contribution < -0.4 is 0 Å². The Morgan fingerprint density at radius 3 is 2.33 bits per heavy atom. The van der Waals surface area contributed by atoms with E-state index in [1.54, 1.807) is 13.0 Å². The normalized spacial score (nSPS) is 13.1. The van der Waals surface area contributed by atoms with Gasteiger partial charge in [-0.2, -0.15) is 0 Å². The van der Waals surface area contributed by atoms with Gasteiger partial charge in [0.05, 0.1) is 0 Å². The van der Waals surface area contributed by atoms with Gasteiger partial charge in [0.1, 0.15) is 5.82 Å². The molecule has 0 spiro atoms. The lowest BCUT2D eigenvalue weighted by atomic mass is 10.0. The zero-order chi connectivity index (χ0) is 9.30. The molecule has 0 N–H and O–H groups in total. The lowest BCUT2D eigenvalue weighted by molar-refractivity contribution is 0.616. The molecule has 0 fully saturated rings. The highest BCUT2D eigenvalue weighted by atomic mass is 79.9. The van der Waals surface area contributed by atoms with Crippen molar-refractivity contribution in [1.82, 2.24) is 0 Å². The van der Waals surface area contributed by atoms with Gasteiger partial charge in [-0.15, -0.1) is 0 Å². The maximum absolute atomic E-state index is 13.0. The van der Waals surface area contributed by atoms with Crippen molar-refractivity contribution in [1.29, 1.82) is 0 Å². The van der Waals surface area contributed by atoms with Gasteiger partial charge in [-0.1, -0.05) is 22.0 Å². The highest BCUT2D eigenvalue weighted by Gasteiger charge is 2.07. The van der Waals surface area contributed by atoms with Crippen molar-refractivity contribution in [2.45, 2.75) is 25.6 Å². The number of hydrogen-bond donors (Lipinski definition) is 0. The third-order valence-electron chi connectivity index (χ3n) is 1.98. The Morgan fingerprint density at radius 1 is 1.25 bits per heavy atom. The maximum atomic E-state index is 13.0. The first kappa shape index (κ1) is 9.72. The Kier molecular flexibility index (Phi) is 2.89. The number of benzene rings is 1. The first-order valence-electron chi connectivity index (χ1n) is 3.93. The summed E-state index contributed by atoms with van der Waals surface area (Å²) in [5.41, 5.74) is 2.87. The van der Waals surface area contributed by atoms with Crippen molar-refractivity contribution in [3.63, 3.8) is 0 Å². The van der Waals surface area contributed by atoms with Gasteiger partial charge in [-0.3, -0.25) is 0 Å². The summed E-state index contributed by atoms with van der Waals surface area (Å²) in [6, 6.07) is 3.48. The summed E-state index contributed by atoms with van der Waals surface area (Å²) in [7, 11) is 0. The fourth-order valence-corrected chi connectivity index (χ4v) is 1.73. The van der Waals surface area contributed by atoms with E-state index < -0.39 is 0 Å². The van der Waals surface area contributed by atoms with Crippen LogP contribution >= 0.6 is 15.9 Å². The summed E-state index contributed by atoms with van der Waals surface area (Å²) < 4.78 is 13.0. The Balaban J connectivity index is 3.23. The molecule has 1 aromatic rings. The van der Waals surface area contributed by atoms with Gasteiger partial charge < -0.3 is 0 Å². The molecule has 0 bridgehead atoms. The molecule has 0 aromatic heterocycles. The molecule has 0 nitrogen and oxygen atoms in total. The van der Waals surface area contributed by atoms with Gasteiger partial charge >= 0.3 is 0 Å². The number of alkyl halides is 1. The highest BCUT2D eigenvalue weighted by Crippen LogP contribution is 2.26. The van der Waals surface area contributed by atoms with Crippen LogP contribution in [0.2, 0.25) is 0 Å². The summed E-state index contributed by atoms with van der Waals surface area (Å²) in [5, 5.41) is 0. The van der Waals surface area contributed by atoms with Crippen LogP contribution in [-0.4, -0.2) is 0 Å². The smallest absolute Gasteiger partial charge is 0.126 e. The molecule has 0 aliphatic heterocycles. The van der Waals surface area contributed by atoms with Crippen LogP contribution in [0.5, 0.6) is 0 Å². The van der Waals surface area contributed by atoms with Gasteiger partial charge in [0.25, 0.3) is 0 Å². The Hall–Kier alpha value is -0.370. The van der Waals surface area contributed by atoms with Gasteiger partial charge in [0.15, 0.2) is 0 Å². The predicted molar refractivity (Wildman–Crippen MR) is 53.2 cm³/mol. The summed E-state index contributed by atoms with van der Waals surface area (Å²) in [4.78, 5) is 0.289. The van der Waals surface area contributed by atoms with E-state index in [0.717, 1.165) is 11.1 Å². The molecule has 0 aliphatic rings. The molecule has 1 rings (SSSR count). The van der Waals surface area contributed by atoms with Crippen molar-refractivity contribution in [2.24, 2.45) is 0 Å². The van der Waals surface area contributed by atoms with E-state index in [2.05, 4.69) is 15.9 Å². The second-order valence-corrected chi connectivity index (χ2v) is 4.45. The average molecular weight is 231 g/mol. The fourth-order valence-electron chi connectivity index (χ4n) is 1.23. The minimum atomic E-state index is -0.121. The van der Waals surface area contributed by atoms with E-state index >= 15 is 0 Å². The summed E-state index contributed by atoms with van der Waals surface area (Å²) in [5.74, 6) is -0.121. The third kappa shape index (κ3) is 1.86. The van der Waals surface area contributed by atoms with E-state index in [-0.39, 0.29) is 10.6 Å². The Morgan fingerprint density at radius 2 is 1.83 bits per heavy atom. The van der Waals surface area contributed by atoms with Crippen LogP contribution in [0.4, 0.5) is 4.39 Å². The van der Waals surface area contributed by atoms with Crippen LogP contribution in [0.15, 0.2) is 12.1 Å². The van der Waals surface area contributed by atoms with Crippen molar-refractivity contribution in [2.75, 3.05) is 0 Å². The summed E-state index contributed by atoms with van der Waals surface area (Å²) >= 11 is 3.47. The van der Waals surface area contributed by atoms with Crippen LogP contribution in [0, 0.1) is 19.7 Å². The van der Waals surface area contributed by atoms with Crippen molar-refractivity contribution < 1.29 is 4.39 Å². The molecule has 66 valence electrons. The standard InChI is InChI=1S/C10H12BrF/c1-6-5-10(12)7(2)4-9(6)8(3)11/h4-5,8H,1-3H3. The van der Waals surface area contributed by atoms with E-state index in [0.29, 0.717) is 5.56 Å². The maximum Gasteiger partial charge on any atom is 0.126 e. The SMILES string of the molecule is Cc1cc(C(C)Br)c(C)cc1F. The molecule has 0 amide bonds. The molecule has 0 radical (unpaired) electrons. The minimum absolute atomic E-state index is 0.121. The zero-order valence-electron chi connectivity index (χ0n) is 7.49. The molecule has 0 saturated carbocycles.